The second-order valence-electron chi connectivity index (χ2n) is 9.13. The predicted octanol–water partition coefficient (Wildman–Crippen LogP) is 5.58. The van der Waals surface area contributed by atoms with Gasteiger partial charge in [-0.1, -0.05) is 84.9 Å². The molecule has 178 valence electrons. The van der Waals surface area contributed by atoms with Crippen LogP contribution in [0.25, 0.3) is 16.7 Å². The average molecular weight is 474 g/mol. The lowest BCUT2D eigenvalue weighted by Crippen LogP contribution is -2.19. The summed E-state index contributed by atoms with van der Waals surface area (Å²) in [6, 6.07) is 31.2. The molecule has 3 aliphatic rings. The number of aryl methyl sites for hydroxylation is 1. The van der Waals surface area contributed by atoms with Crippen molar-refractivity contribution >= 4 is 17.4 Å². The number of benzene rings is 4. The highest BCUT2D eigenvalue weighted by atomic mass is 16.2. The van der Waals surface area contributed by atoms with E-state index in [1.807, 2.05) is 0 Å². The van der Waals surface area contributed by atoms with E-state index in [0.717, 1.165) is 6.42 Å². The molecule has 0 radical (unpaired) electrons. The van der Waals surface area contributed by atoms with E-state index in [2.05, 4.69) is 78.1 Å². The third-order valence-corrected chi connectivity index (χ3v) is 7.14. The van der Waals surface area contributed by atoms with Gasteiger partial charge in [0.25, 0.3) is 11.8 Å². The Hall–Kier alpha value is -4.28. The highest BCUT2D eigenvalue weighted by Crippen LogP contribution is 2.41. The molecule has 2 amide bonds. The van der Waals surface area contributed by atoms with Gasteiger partial charge >= 0.3 is 0 Å². The normalized spacial score (nSPS) is 14.5. The van der Waals surface area contributed by atoms with Gasteiger partial charge in [0.05, 0.1) is 11.1 Å². The van der Waals surface area contributed by atoms with Crippen LogP contribution in [-0.2, 0) is 19.3 Å². The molecular formula is C32H27NO3. The molecule has 2 aliphatic carbocycles. The molecule has 1 aliphatic heterocycles. The van der Waals surface area contributed by atoms with Gasteiger partial charge in [0, 0.05) is 0 Å². The smallest absolute Gasteiger partial charge is 0.258 e. The van der Waals surface area contributed by atoms with E-state index < -0.39 is 0 Å². The Bertz CT molecular complexity index is 1470. The summed E-state index contributed by atoms with van der Waals surface area (Å²) in [6.45, 7) is 0. The molecule has 4 heteroatoms. The van der Waals surface area contributed by atoms with E-state index in [9.17, 15) is 9.59 Å². The number of allylic oxidation sites excluding steroid dienone is 1. The highest BCUT2D eigenvalue weighted by Gasteiger charge is 2.25. The number of carbonyl (C=O) groups is 2. The second kappa shape index (κ2) is 9.76. The minimum absolute atomic E-state index is 0. The first-order valence-corrected chi connectivity index (χ1v) is 12.1. The lowest BCUT2D eigenvalue weighted by atomic mass is 9.77. The van der Waals surface area contributed by atoms with Gasteiger partial charge in [0.15, 0.2) is 0 Å². The Morgan fingerprint density at radius 3 is 1.83 bits per heavy atom. The lowest BCUT2D eigenvalue weighted by Gasteiger charge is -2.27. The van der Waals surface area contributed by atoms with Crippen molar-refractivity contribution in [2.75, 3.05) is 0 Å². The quantitative estimate of drug-likeness (QED) is 0.367. The zero-order valence-electron chi connectivity index (χ0n) is 19.9. The molecule has 4 nitrogen and oxygen atoms in total. The molecule has 0 unspecified atom stereocenters. The maximum absolute atomic E-state index is 10.9. The fourth-order valence-corrected chi connectivity index (χ4v) is 5.51. The van der Waals surface area contributed by atoms with Crippen molar-refractivity contribution < 1.29 is 15.1 Å². The Morgan fingerprint density at radius 1 is 0.528 bits per heavy atom. The number of carbonyl (C=O) groups excluding carboxylic acids is 2. The summed E-state index contributed by atoms with van der Waals surface area (Å²) in [5.41, 5.74) is 12.7. The van der Waals surface area contributed by atoms with Gasteiger partial charge in [-0.2, -0.15) is 0 Å². The Labute approximate surface area is 210 Å². The third-order valence-electron chi connectivity index (χ3n) is 7.14. The molecule has 36 heavy (non-hydrogen) atoms. The van der Waals surface area contributed by atoms with Crippen LogP contribution in [0.2, 0.25) is 0 Å². The maximum Gasteiger partial charge on any atom is 0.258 e. The van der Waals surface area contributed by atoms with Crippen LogP contribution in [0, 0.1) is 0 Å². The van der Waals surface area contributed by atoms with E-state index in [-0.39, 0.29) is 17.3 Å². The van der Waals surface area contributed by atoms with E-state index in [0.29, 0.717) is 11.1 Å². The van der Waals surface area contributed by atoms with Gasteiger partial charge in [-0.15, -0.1) is 0 Å². The maximum atomic E-state index is 10.9. The zero-order valence-corrected chi connectivity index (χ0v) is 19.9. The van der Waals surface area contributed by atoms with Crippen LogP contribution < -0.4 is 5.32 Å². The summed E-state index contributed by atoms with van der Waals surface area (Å²) in [6.07, 6.45) is 7.09. The summed E-state index contributed by atoms with van der Waals surface area (Å²) in [7, 11) is 0. The van der Waals surface area contributed by atoms with Crippen molar-refractivity contribution in [2.45, 2.75) is 25.7 Å². The Kier molecular flexibility index (Phi) is 6.36. The van der Waals surface area contributed by atoms with Crippen LogP contribution in [0.15, 0.2) is 97.1 Å². The number of hydrogen-bond acceptors (Lipinski definition) is 2. The van der Waals surface area contributed by atoms with Crippen molar-refractivity contribution in [3.63, 3.8) is 0 Å². The van der Waals surface area contributed by atoms with Crippen molar-refractivity contribution in [3.05, 3.63) is 136 Å². The van der Waals surface area contributed by atoms with E-state index in [4.69, 9.17) is 0 Å². The standard InChI is InChI=1S/C24H20.C8H5NO2.H2O/c1-2-7-17(8-3-1)20-11-6-12-21-22(20)15-16-23-19-10-5-4-9-18(19)13-14-24(21)23;10-7-5-3-1-2-4-6(5)8(11)9-7;/h1-5,7-11,15-16H,6,12-14H2;1-4H,(H,9,10,11);1H2. The van der Waals surface area contributed by atoms with E-state index >= 15 is 0 Å². The summed E-state index contributed by atoms with van der Waals surface area (Å²) >= 11 is 0. The SMILES string of the molecule is C1=C(c2ccccc2)c2ccc3c(c2CC1)CCc1ccccc1-3.O.O=C1NC(=O)c2ccccc21. The topological polar surface area (TPSA) is 77.7 Å². The molecule has 0 atom stereocenters. The van der Waals surface area contributed by atoms with Crippen molar-refractivity contribution in [3.8, 4) is 11.1 Å². The van der Waals surface area contributed by atoms with Crippen LogP contribution in [0.3, 0.4) is 0 Å². The molecule has 0 saturated carbocycles. The molecular weight excluding hydrogens is 446 g/mol. The van der Waals surface area contributed by atoms with E-state index in [1.165, 1.54) is 52.7 Å². The molecule has 0 aromatic heterocycles. The fourth-order valence-electron chi connectivity index (χ4n) is 5.51. The van der Waals surface area contributed by atoms with Crippen LogP contribution >= 0.6 is 0 Å². The summed E-state index contributed by atoms with van der Waals surface area (Å²) in [5, 5.41) is 2.20. The Morgan fingerprint density at radius 2 is 1.11 bits per heavy atom. The highest BCUT2D eigenvalue weighted by molar-refractivity contribution is 6.21. The molecule has 1 heterocycles. The first kappa shape index (κ1) is 23.5. The molecule has 0 fully saturated rings. The minimum Gasteiger partial charge on any atom is -0.412 e. The van der Waals surface area contributed by atoms with Crippen LogP contribution in [0.1, 0.15) is 55.0 Å². The predicted molar refractivity (Wildman–Crippen MR) is 143 cm³/mol. The molecule has 0 bridgehead atoms. The minimum atomic E-state index is -0.300. The van der Waals surface area contributed by atoms with Gasteiger partial charge in [0.2, 0.25) is 0 Å². The van der Waals surface area contributed by atoms with E-state index in [1.54, 1.807) is 35.4 Å². The van der Waals surface area contributed by atoms with Gasteiger partial charge < -0.3 is 5.48 Å². The molecule has 4 aromatic rings. The second-order valence-corrected chi connectivity index (χ2v) is 9.13. The van der Waals surface area contributed by atoms with Crippen molar-refractivity contribution in [1.29, 1.82) is 0 Å². The number of hydrogen-bond donors (Lipinski definition) is 1. The molecule has 3 N–H and O–H groups in total. The van der Waals surface area contributed by atoms with Gasteiger partial charge in [-0.25, -0.2) is 0 Å². The molecule has 7 rings (SSSR count). The molecule has 4 aromatic carbocycles. The van der Waals surface area contributed by atoms with Gasteiger partial charge in [-0.3, -0.25) is 14.9 Å². The number of nitrogens with one attached hydrogen (secondary N) is 1. The zero-order chi connectivity index (χ0) is 23.8. The van der Waals surface area contributed by atoms with Gasteiger partial charge in [0.1, 0.15) is 0 Å². The van der Waals surface area contributed by atoms with Crippen LogP contribution in [0.4, 0.5) is 0 Å². The van der Waals surface area contributed by atoms with Crippen molar-refractivity contribution in [2.24, 2.45) is 0 Å². The molecule has 0 saturated heterocycles. The van der Waals surface area contributed by atoms with Crippen LogP contribution in [-0.4, -0.2) is 17.3 Å². The van der Waals surface area contributed by atoms with Gasteiger partial charge in [-0.05, 0) is 82.3 Å². The van der Waals surface area contributed by atoms with Crippen LogP contribution in [0.5, 0.6) is 0 Å². The largest absolute Gasteiger partial charge is 0.412 e. The lowest BCUT2D eigenvalue weighted by molar-refractivity contribution is 0.0879. The number of fused-ring (bicyclic) bond motifs is 6. The first-order chi connectivity index (χ1) is 17.2. The Balaban J connectivity index is 0.000000188. The summed E-state index contributed by atoms with van der Waals surface area (Å²) < 4.78 is 0. The summed E-state index contributed by atoms with van der Waals surface area (Å²) in [5.74, 6) is -0.601. The molecule has 0 spiro atoms. The fraction of sp³-hybridized carbons (Fsp3) is 0.125. The third kappa shape index (κ3) is 4.06. The summed E-state index contributed by atoms with van der Waals surface area (Å²) in [4.78, 5) is 21.9. The number of imide groups is 1. The number of amides is 2. The first-order valence-electron chi connectivity index (χ1n) is 12.1. The average Bonchev–Trinajstić information content (AvgIpc) is 3.22. The van der Waals surface area contributed by atoms with Crippen molar-refractivity contribution in [1.82, 2.24) is 5.32 Å². The number of rotatable bonds is 1. The monoisotopic (exact) mass is 473 g/mol.